The van der Waals surface area contributed by atoms with Crippen LogP contribution in [-0.4, -0.2) is 20.1 Å². The highest BCUT2D eigenvalue weighted by Gasteiger charge is 2.26. The van der Waals surface area contributed by atoms with Crippen LogP contribution in [0.3, 0.4) is 0 Å². The van der Waals surface area contributed by atoms with Gasteiger partial charge in [-0.25, -0.2) is 0 Å². The maximum Gasteiger partial charge on any atom is 0.313 e. The molecule has 0 spiro atoms. The van der Waals surface area contributed by atoms with Gasteiger partial charge in [0.2, 0.25) is 0 Å². The summed E-state index contributed by atoms with van der Waals surface area (Å²) in [6.45, 7) is 3.82. The van der Waals surface area contributed by atoms with E-state index in [1.165, 1.54) is 0 Å². The molecule has 90 valence electrons. The second-order valence-electron chi connectivity index (χ2n) is 3.69. The third-order valence-electron chi connectivity index (χ3n) is 2.58. The van der Waals surface area contributed by atoms with E-state index in [1.54, 1.807) is 11.7 Å². The van der Waals surface area contributed by atoms with Crippen molar-refractivity contribution in [2.45, 2.75) is 38.5 Å². The smallest absolute Gasteiger partial charge is 0.265 e. The molecular weight excluding hydrogens is 230 g/mol. The highest BCUT2D eigenvalue weighted by atomic mass is 35.5. The van der Waals surface area contributed by atoms with Crippen LogP contribution in [0, 0.1) is 10.1 Å². The van der Waals surface area contributed by atoms with Crippen molar-refractivity contribution in [1.82, 2.24) is 9.78 Å². The zero-order valence-electron chi connectivity index (χ0n) is 9.73. The quantitative estimate of drug-likeness (QED) is 0.455. The fourth-order valence-electron chi connectivity index (χ4n) is 1.64. The predicted molar refractivity (Wildman–Crippen MR) is 62.9 cm³/mol. The van der Waals surface area contributed by atoms with Gasteiger partial charge in [-0.3, -0.25) is 14.8 Å². The van der Waals surface area contributed by atoms with E-state index >= 15 is 0 Å². The summed E-state index contributed by atoms with van der Waals surface area (Å²) in [6.07, 6.45) is 1.83. The number of halogens is 1. The lowest BCUT2D eigenvalue weighted by Crippen LogP contribution is -2.08. The molecular formula is C10H16ClN3O2. The summed E-state index contributed by atoms with van der Waals surface area (Å²) in [5.41, 5.74) is 1.27. The molecule has 1 rings (SSSR count). The van der Waals surface area contributed by atoms with E-state index in [-0.39, 0.29) is 16.0 Å². The van der Waals surface area contributed by atoms with Crippen LogP contribution in [0.4, 0.5) is 5.69 Å². The third kappa shape index (κ3) is 2.52. The zero-order chi connectivity index (χ0) is 12.3. The molecule has 16 heavy (non-hydrogen) atoms. The summed E-state index contributed by atoms with van der Waals surface area (Å²) in [6, 6.07) is 0. The number of aromatic nitrogens is 2. The van der Waals surface area contributed by atoms with Crippen LogP contribution < -0.4 is 0 Å². The largest absolute Gasteiger partial charge is 0.313 e. The molecule has 0 radical (unpaired) electrons. The Morgan fingerprint density at radius 2 is 2.19 bits per heavy atom. The van der Waals surface area contributed by atoms with Gasteiger partial charge in [0.1, 0.15) is 11.4 Å². The van der Waals surface area contributed by atoms with Gasteiger partial charge in [-0.05, 0) is 12.8 Å². The second-order valence-corrected chi connectivity index (χ2v) is 4.30. The van der Waals surface area contributed by atoms with E-state index in [0.717, 1.165) is 6.42 Å². The topological polar surface area (TPSA) is 61.0 Å². The average molecular weight is 246 g/mol. The number of rotatable bonds is 5. The van der Waals surface area contributed by atoms with Crippen LogP contribution in [0.5, 0.6) is 0 Å². The summed E-state index contributed by atoms with van der Waals surface area (Å²) in [5.74, 6) is 0. The maximum atomic E-state index is 11.0. The average Bonchev–Trinajstić information content (AvgIpc) is 2.55. The molecule has 1 atom stereocenters. The van der Waals surface area contributed by atoms with Crippen LogP contribution in [0.1, 0.15) is 31.7 Å². The Kier molecular flexibility index (Phi) is 4.29. The lowest BCUT2D eigenvalue weighted by atomic mass is 10.1. The second kappa shape index (κ2) is 5.30. The molecule has 0 aliphatic heterocycles. The number of nitro groups is 1. The maximum absolute atomic E-state index is 11.0. The van der Waals surface area contributed by atoms with Gasteiger partial charge >= 0.3 is 5.69 Å². The van der Waals surface area contributed by atoms with Crippen LogP contribution >= 0.6 is 11.6 Å². The molecule has 1 heterocycles. The van der Waals surface area contributed by atoms with Crippen LogP contribution in [0.2, 0.25) is 0 Å². The Hall–Kier alpha value is -1.10. The molecule has 0 fully saturated rings. The number of hydrogen-bond donors (Lipinski definition) is 0. The van der Waals surface area contributed by atoms with Crippen molar-refractivity contribution >= 4 is 17.3 Å². The molecule has 0 saturated heterocycles. The Balaban J connectivity index is 3.15. The molecule has 1 aromatic rings. The number of alkyl halides is 1. The standard InChI is InChI=1S/C10H16ClN3O2/c1-4-7(11)6-9-10(14(15)16)8(5-2)12-13(9)3/h7H,4-6H2,1-3H3. The first kappa shape index (κ1) is 13.0. The summed E-state index contributed by atoms with van der Waals surface area (Å²) in [5, 5.41) is 15.1. The molecule has 1 aromatic heterocycles. The van der Waals surface area contributed by atoms with Crippen molar-refractivity contribution in [2.75, 3.05) is 0 Å². The van der Waals surface area contributed by atoms with E-state index in [9.17, 15) is 10.1 Å². The Labute approximate surface area is 99.5 Å². The van der Waals surface area contributed by atoms with Gasteiger partial charge in [0.15, 0.2) is 0 Å². The minimum Gasteiger partial charge on any atom is -0.265 e. The van der Waals surface area contributed by atoms with Gasteiger partial charge in [0.05, 0.1) is 4.92 Å². The molecule has 0 amide bonds. The first-order valence-corrected chi connectivity index (χ1v) is 5.78. The van der Waals surface area contributed by atoms with E-state index in [4.69, 9.17) is 11.6 Å². The summed E-state index contributed by atoms with van der Waals surface area (Å²) in [7, 11) is 1.72. The molecule has 0 aliphatic carbocycles. The zero-order valence-corrected chi connectivity index (χ0v) is 10.5. The lowest BCUT2D eigenvalue weighted by Gasteiger charge is -2.05. The predicted octanol–water partition coefficient (Wildman–Crippen LogP) is 2.45. The number of aryl methyl sites for hydroxylation is 2. The van der Waals surface area contributed by atoms with Crippen molar-refractivity contribution in [2.24, 2.45) is 7.05 Å². The van der Waals surface area contributed by atoms with Gasteiger partial charge in [0, 0.05) is 18.8 Å². The fraction of sp³-hybridized carbons (Fsp3) is 0.700. The number of hydrogen-bond acceptors (Lipinski definition) is 3. The van der Waals surface area contributed by atoms with Crippen molar-refractivity contribution in [3.63, 3.8) is 0 Å². The van der Waals surface area contributed by atoms with Gasteiger partial charge in [-0.2, -0.15) is 5.10 Å². The molecule has 0 N–H and O–H groups in total. The van der Waals surface area contributed by atoms with Crippen molar-refractivity contribution < 1.29 is 4.92 Å². The number of nitrogens with zero attached hydrogens (tertiary/aromatic N) is 3. The highest BCUT2D eigenvalue weighted by molar-refractivity contribution is 6.20. The molecule has 0 aliphatic rings. The van der Waals surface area contributed by atoms with Gasteiger partial charge < -0.3 is 0 Å². The van der Waals surface area contributed by atoms with Gasteiger partial charge in [-0.1, -0.05) is 13.8 Å². The highest BCUT2D eigenvalue weighted by Crippen LogP contribution is 2.26. The monoisotopic (exact) mass is 245 g/mol. The summed E-state index contributed by atoms with van der Waals surface area (Å²) in [4.78, 5) is 10.6. The van der Waals surface area contributed by atoms with E-state index < -0.39 is 0 Å². The SMILES string of the molecule is CCc1nn(C)c(CC(Cl)CC)c1[N+](=O)[O-]. The Morgan fingerprint density at radius 1 is 1.56 bits per heavy atom. The van der Waals surface area contributed by atoms with Crippen LogP contribution in [-0.2, 0) is 19.9 Å². The Morgan fingerprint density at radius 3 is 2.62 bits per heavy atom. The minimum atomic E-state index is -0.361. The van der Waals surface area contributed by atoms with E-state index in [0.29, 0.717) is 24.2 Å². The Bertz CT molecular complexity index is 390. The van der Waals surface area contributed by atoms with Gasteiger partial charge in [-0.15, -0.1) is 11.6 Å². The molecule has 6 heteroatoms. The first-order valence-electron chi connectivity index (χ1n) is 5.34. The molecule has 0 bridgehead atoms. The molecule has 5 nitrogen and oxygen atoms in total. The van der Waals surface area contributed by atoms with E-state index in [1.807, 2.05) is 13.8 Å². The molecule has 1 unspecified atom stereocenters. The van der Waals surface area contributed by atoms with Crippen molar-refractivity contribution in [3.8, 4) is 0 Å². The molecule has 0 saturated carbocycles. The van der Waals surface area contributed by atoms with Crippen molar-refractivity contribution in [1.29, 1.82) is 0 Å². The lowest BCUT2D eigenvalue weighted by molar-refractivity contribution is -0.386. The van der Waals surface area contributed by atoms with Crippen molar-refractivity contribution in [3.05, 3.63) is 21.5 Å². The van der Waals surface area contributed by atoms with Crippen LogP contribution in [0.15, 0.2) is 0 Å². The minimum absolute atomic E-state index is 0.0844. The van der Waals surface area contributed by atoms with E-state index in [2.05, 4.69) is 5.10 Å². The first-order chi connectivity index (χ1) is 7.51. The summed E-state index contributed by atoms with van der Waals surface area (Å²) >= 11 is 6.04. The van der Waals surface area contributed by atoms with Gasteiger partial charge in [0.25, 0.3) is 0 Å². The third-order valence-corrected chi connectivity index (χ3v) is 3.05. The fourth-order valence-corrected chi connectivity index (χ4v) is 1.79. The normalized spacial score (nSPS) is 12.8. The van der Waals surface area contributed by atoms with Crippen LogP contribution in [0.25, 0.3) is 0 Å². The summed E-state index contributed by atoms with van der Waals surface area (Å²) < 4.78 is 1.57. The molecule has 0 aromatic carbocycles.